The Hall–Kier alpha value is -1.13. The zero-order valence-electron chi connectivity index (χ0n) is 10.5. The summed E-state index contributed by atoms with van der Waals surface area (Å²) in [6, 6.07) is 11.1. The Morgan fingerprint density at radius 2 is 1.74 bits per heavy atom. The number of halogens is 2. The second kappa shape index (κ2) is 5.88. The van der Waals surface area contributed by atoms with Crippen molar-refractivity contribution in [2.24, 2.45) is 0 Å². The van der Waals surface area contributed by atoms with Crippen LogP contribution in [0, 0.1) is 13.8 Å². The van der Waals surface area contributed by atoms with E-state index in [1.54, 1.807) is 6.07 Å². The van der Waals surface area contributed by atoms with Crippen molar-refractivity contribution in [3.05, 3.63) is 62.0 Å². The highest BCUT2D eigenvalue weighted by atomic mass is 79.9. The van der Waals surface area contributed by atoms with Gasteiger partial charge in [0.25, 0.3) is 0 Å². The summed E-state index contributed by atoms with van der Waals surface area (Å²) in [7, 11) is 0. The van der Waals surface area contributed by atoms with Crippen molar-refractivity contribution in [2.45, 2.75) is 13.8 Å². The monoisotopic (exact) mass is 382 g/mol. The highest BCUT2D eigenvalue weighted by molar-refractivity contribution is 9.11. The van der Waals surface area contributed by atoms with E-state index < -0.39 is 0 Å². The van der Waals surface area contributed by atoms with Crippen molar-refractivity contribution in [1.29, 1.82) is 0 Å². The number of carbonyl (C=O) groups excluding carboxylic acids is 1. The number of esters is 1. The summed E-state index contributed by atoms with van der Waals surface area (Å²) in [6.07, 6.45) is 0. The normalized spacial score (nSPS) is 10.3. The third-order valence-electron chi connectivity index (χ3n) is 2.75. The maximum Gasteiger partial charge on any atom is 0.343 e. The molecule has 0 aliphatic rings. The fourth-order valence-corrected chi connectivity index (χ4v) is 3.29. The first-order valence-electron chi connectivity index (χ1n) is 5.72. The molecule has 0 aliphatic heterocycles. The second-order valence-corrected chi connectivity index (χ2v) is 6.01. The van der Waals surface area contributed by atoms with Gasteiger partial charge in [0.1, 0.15) is 5.75 Å². The van der Waals surface area contributed by atoms with Crippen LogP contribution in [0.2, 0.25) is 0 Å². The molecule has 0 atom stereocenters. The van der Waals surface area contributed by atoms with Crippen LogP contribution in [0.4, 0.5) is 0 Å². The molecule has 0 amide bonds. The minimum absolute atomic E-state index is 0.343. The molecule has 0 saturated carbocycles. The van der Waals surface area contributed by atoms with E-state index in [1.807, 2.05) is 44.2 Å². The van der Waals surface area contributed by atoms with Gasteiger partial charge in [-0.15, -0.1) is 0 Å². The van der Waals surface area contributed by atoms with E-state index in [0.717, 1.165) is 20.1 Å². The lowest BCUT2D eigenvalue weighted by atomic mass is 10.1. The summed E-state index contributed by atoms with van der Waals surface area (Å²) in [4.78, 5) is 12.2. The van der Waals surface area contributed by atoms with Crippen LogP contribution in [0.15, 0.2) is 45.3 Å². The second-order valence-electron chi connectivity index (χ2n) is 4.24. The van der Waals surface area contributed by atoms with E-state index in [2.05, 4.69) is 31.9 Å². The van der Waals surface area contributed by atoms with E-state index in [4.69, 9.17) is 4.74 Å². The fraction of sp³-hybridized carbons (Fsp3) is 0.133. The van der Waals surface area contributed by atoms with E-state index in [1.165, 1.54) is 0 Å². The molecule has 2 aromatic carbocycles. The van der Waals surface area contributed by atoms with Crippen LogP contribution in [0.25, 0.3) is 0 Å². The number of hydrogen-bond donors (Lipinski definition) is 0. The Kier molecular flexibility index (Phi) is 4.42. The zero-order chi connectivity index (χ0) is 14.0. The van der Waals surface area contributed by atoms with Gasteiger partial charge >= 0.3 is 5.97 Å². The summed E-state index contributed by atoms with van der Waals surface area (Å²) >= 11 is 6.81. The molecule has 98 valence electrons. The molecule has 0 fully saturated rings. The van der Waals surface area contributed by atoms with Gasteiger partial charge in [-0.25, -0.2) is 4.79 Å². The van der Waals surface area contributed by atoms with E-state index in [-0.39, 0.29) is 5.97 Å². The molecule has 19 heavy (non-hydrogen) atoms. The number of hydrogen-bond acceptors (Lipinski definition) is 2. The van der Waals surface area contributed by atoms with Crippen LogP contribution in [-0.2, 0) is 0 Å². The summed E-state index contributed by atoms with van der Waals surface area (Å²) in [5, 5.41) is 0. The summed E-state index contributed by atoms with van der Waals surface area (Å²) < 4.78 is 7.18. The topological polar surface area (TPSA) is 26.3 Å². The van der Waals surface area contributed by atoms with Crippen molar-refractivity contribution < 1.29 is 9.53 Å². The number of rotatable bonds is 2. The molecule has 4 heteroatoms. The lowest BCUT2D eigenvalue weighted by Gasteiger charge is -2.11. The van der Waals surface area contributed by atoms with Crippen molar-refractivity contribution in [3.63, 3.8) is 0 Å². The SMILES string of the molecule is Cc1ccccc1C(=O)Oc1c(C)cc(Br)cc1Br. The quantitative estimate of drug-likeness (QED) is 0.535. The molecule has 0 unspecified atom stereocenters. The van der Waals surface area contributed by atoms with Gasteiger partial charge < -0.3 is 4.74 Å². The van der Waals surface area contributed by atoms with Gasteiger partial charge in [-0.2, -0.15) is 0 Å². The smallest absolute Gasteiger partial charge is 0.343 e. The molecule has 0 saturated heterocycles. The lowest BCUT2D eigenvalue weighted by Crippen LogP contribution is -2.11. The Morgan fingerprint density at radius 3 is 2.37 bits per heavy atom. The summed E-state index contributed by atoms with van der Waals surface area (Å²) in [6.45, 7) is 3.79. The molecule has 0 heterocycles. The third kappa shape index (κ3) is 3.25. The van der Waals surface area contributed by atoms with Gasteiger partial charge in [0.15, 0.2) is 0 Å². The third-order valence-corrected chi connectivity index (χ3v) is 3.80. The van der Waals surface area contributed by atoms with Crippen LogP contribution >= 0.6 is 31.9 Å². The van der Waals surface area contributed by atoms with Crippen molar-refractivity contribution in [2.75, 3.05) is 0 Å². The highest BCUT2D eigenvalue weighted by Crippen LogP contribution is 2.33. The number of benzene rings is 2. The molecule has 2 aromatic rings. The predicted molar refractivity (Wildman–Crippen MR) is 82.7 cm³/mol. The molecule has 2 nitrogen and oxygen atoms in total. The average molecular weight is 384 g/mol. The summed E-state index contributed by atoms with van der Waals surface area (Å²) in [5.74, 6) is 0.209. The average Bonchev–Trinajstić information content (AvgIpc) is 2.34. The van der Waals surface area contributed by atoms with Crippen molar-refractivity contribution in [3.8, 4) is 5.75 Å². The highest BCUT2D eigenvalue weighted by Gasteiger charge is 2.15. The van der Waals surface area contributed by atoms with Crippen molar-refractivity contribution in [1.82, 2.24) is 0 Å². The van der Waals surface area contributed by atoms with Gasteiger partial charge in [0.05, 0.1) is 10.0 Å². The van der Waals surface area contributed by atoms with Gasteiger partial charge in [0.2, 0.25) is 0 Å². The van der Waals surface area contributed by atoms with Gasteiger partial charge in [-0.05, 0) is 59.1 Å². The lowest BCUT2D eigenvalue weighted by molar-refractivity contribution is 0.0731. The maximum atomic E-state index is 12.2. The van der Waals surface area contributed by atoms with Crippen LogP contribution in [0.3, 0.4) is 0 Å². The molecular weight excluding hydrogens is 372 g/mol. The molecule has 0 aliphatic carbocycles. The van der Waals surface area contributed by atoms with Crippen LogP contribution < -0.4 is 4.74 Å². The molecule has 0 radical (unpaired) electrons. The Balaban J connectivity index is 2.32. The Morgan fingerprint density at radius 1 is 1.05 bits per heavy atom. The van der Waals surface area contributed by atoms with Gasteiger partial charge in [-0.3, -0.25) is 0 Å². The first-order chi connectivity index (χ1) is 8.99. The Labute approximate surface area is 129 Å². The first-order valence-corrected chi connectivity index (χ1v) is 7.31. The largest absolute Gasteiger partial charge is 0.421 e. The van der Waals surface area contributed by atoms with Crippen molar-refractivity contribution >= 4 is 37.8 Å². The predicted octanol–water partition coefficient (Wildman–Crippen LogP) is 5.05. The standard InChI is InChI=1S/C15H12Br2O2/c1-9-5-3-4-6-12(9)15(18)19-14-10(2)7-11(16)8-13(14)17/h3-8H,1-2H3. The molecule has 2 rings (SSSR count). The molecule has 0 bridgehead atoms. The van der Waals surface area contributed by atoms with Gasteiger partial charge in [0, 0.05) is 4.47 Å². The fourth-order valence-electron chi connectivity index (χ4n) is 1.77. The van der Waals surface area contributed by atoms with E-state index in [0.29, 0.717) is 11.3 Å². The van der Waals surface area contributed by atoms with Gasteiger partial charge in [-0.1, -0.05) is 34.1 Å². The molecule has 0 N–H and O–H groups in total. The van der Waals surface area contributed by atoms with E-state index >= 15 is 0 Å². The minimum atomic E-state index is -0.343. The molecule has 0 spiro atoms. The maximum absolute atomic E-state index is 12.2. The number of aryl methyl sites for hydroxylation is 2. The zero-order valence-corrected chi connectivity index (χ0v) is 13.7. The minimum Gasteiger partial charge on any atom is -0.421 e. The van der Waals surface area contributed by atoms with Crippen LogP contribution in [0.1, 0.15) is 21.5 Å². The number of carbonyl (C=O) groups is 1. The van der Waals surface area contributed by atoms with E-state index in [9.17, 15) is 4.79 Å². The Bertz CT molecular complexity index is 613. The van der Waals surface area contributed by atoms with Crippen LogP contribution in [-0.4, -0.2) is 5.97 Å². The molecule has 0 aromatic heterocycles. The summed E-state index contributed by atoms with van der Waals surface area (Å²) in [5.41, 5.74) is 2.37. The van der Waals surface area contributed by atoms with Crippen LogP contribution in [0.5, 0.6) is 5.75 Å². The molecular formula is C15H12Br2O2. The first kappa shape index (κ1) is 14.3. The number of ether oxygens (including phenoxy) is 1.